The zero-order chi connectivity index (χ0) is 12.5. The first kappa shape index (κ1) is 11.4. The molecule has 1 aromatic carbocycles. The summed E-state index contributed by atoms with van der Waals surface area (Å²) in [5.74, 6) is 0.386. The van der Waals surface area contributed by atoms with Crippen molar-refractivity contribution in [2.45, 2.75) is 26.0 Å². The number of hydrogen-bond acceptors (Lipinski definition) is 2. The first-order chi connectivity index (χ1) is 8.78. The minimum absolute atomic E-state index is 0.282. The van der Waals surface area contributed by atoms with Crippen LogP contribution in [0.2, 0.25) is 0 Å². The van der Waals surface area contributed by atoms with E-state index in [1.165, 1.54) is 12.8 Å². The van der Waals surface area contributed by atoms with Crippen molar-refractivity contribution in [3.8, 4) is 11.1 Å². The Labute approximate surface area is 105 Å². The number of aliphatic hydroxyl groups excluding tert-OH is 1. The van der Waals surface area contributed by atoms with Gasteiger partial charge in [-0.15, -0.1) is 0 Å². The third kappa shape index (κ3) is 2.16. The van der Waals surface area contributed by atoms with Crippen LogP contribution in [-0.4, -0.2) is 14.9 Å². The number of rotatable bonds is 4. The molecule has 1 saturated carbocycles. The molecule has 3 nitrogen and oxygen atoms in total. The maximum atomic E-state index is 14.0. The van der Waals surface area contributed by atoms with Gasteiger partial charge in [0.25, 0.3) is 0 Å². The number of hydrogen-bond donors (Lipinski definition) is 1. The zero-order valence-electron chi connectivity index (χ0n) is 10.0. The first-order valence-corrected chi connectivity index (χ1v) is 6.19. The molecule has 1 fully saturated rings. The normalized spacial score (nSPS) is 15.0. The van der Waals surface area contributed by atoms with Gasteiger partial charge in [-0.05, 0) is 18.8 Å². The number of aliphatic hydroxyl groups is 1. The van der Waals surface area contributed by atoms with Crippen molar-refractivity contribution < 1.29 is 9.50 Å². The van der Waals surface area contributed by atoms with Gasteiger partial charge >= 0.3 is 0 Å². The first-order valence-electron chi connectivity index (χ1n) is 6.19. The Hall–Kier alpha value is -1.68. The van der Waals surface area contributed by atoms with Crippen molar-refractivity contribution in [2.24, 2.45) is 5.92 Å². The summed E-state index contributed by atoms with van der Waals surface area (Å²) >= 11 is 0. The molecule has 1 aromatic heterocycles. The van der Waals surface area contributed by atoms with Crippen LogP contribution in [-0.2, 0) is 13.2 Å². The monoisotopic (exact) mass is 246 g/mol. The van der Waals surface area contributed by atoms with E-state index in [2.05, 4.69) is 5.10 Å². The van der Waals surface area contributed by atoms with Gasteiger partial charge in [-0.1, -0.05) is 18.2 Å². The van der Waals surface area contributed by atoms with E-state index in [4.69, 9.17) is 5.11 Å². The highest BCUT2D eigenvalue weighted by atomic mass is 19.1. The summed E-state index contributed by atoms with van der Waals surface area (Å²) < 4.78 is 15.9. The van der Waals surface area contributed by atoms with Gasteiger partial charge in [0.15, 0.2) is 0 Å². The standard InChI is InChI=1S/C14H15FN2O/c15-14-11(9-18)2-1-3-13(14)12-6-16-17(8-12)7-10-4-5-10/h1-3,6,8,10,18H,4-5,7,9H2. The molecule has 0 bridgehead atoms. The molecular formula is C14H15FN2O. The van der Waals surface area contributed by atoms with Crippen LogP contribution in [0.4, 0.5) is 4.39 Å². The predicted molar refractivity (Wildman–Crippen MR) is 66.3 cm³/mol. The summed E-state index contributed by atoms with van der Waals surface area (Å²) in [5.41, 5.74) is 1.59. The van der Waals surface area contributed by atoms with Crippen molar-refractivity contribution >= 4 is 0 Å². The van der Waals surface area contributed by atoms with Crippen LogP contribution in [0.25, 0.3) is 11.1 Å². The van der Waals surface area contributed by atoms with Crippen molar-refractivity contribution in [3.05, 3.63) is 42.0 Å². The smallest absolute Gasteiger partial charge is 0.136 e. The Morgan fingerprint density at radius 1 is 1.39 bits per heavy atom. The second-order valence-electron chi connectivity index (χ2n) is 4.83. The van der Waals surface area contributed by atoms with Crippen LogP contribution in [0.15, 0.2) is 30.6 Å². The van der Waals surface area contributed by atoms with Crippen molar-refractivity contribution in [3.63, 3.8) is 0 Å². The van der Waals surface area contributed by atoms with Crippen LogP contribution >= 0.6 is 0 Å². The third-order valence-electron chi connectivity index (χ3n) is 3.34. The van der Waals surface area contributed by atoms with Gasteiger partial charge in [0.05, 0.1) is 12.8 Å². The maximum Gasteiger partial charge on any atom is 0.136 e. The van der Waals surface area contributed by atoms with Crippen molar-refractivity contribution in [1.82, 2.24) is 9.78 Å². The fourth-order valence-electron chi connectivity index (χ4n) is 2.09. The number of aromatic nitrogens is 2. The molecule has 1 heterocycles. The van der Waals surface area contributed by atoms with Crippen LogP contribution < -0.4 is 0 Å². The third-order valence-corrected chi connectivity index (χ3v) is 3.34. The molecule has 0 unspecified atom stereocenters. The Morgan fingerprint density at radius 3 is 2.94 bits per heavy atom. The van der Waals surface area contributed by atoms with Gasteiger partial charge in [0.1, 0.15) is 5.82 Å². The van der Waals surface area contributed by atoms with Gasteiger partial charge in [0, 0.05) is 29.4 Å². The summed E-state index contributed by atoms with van der Waals surface area (Å²) in [6, 6.07) is 5.06. The predicted octanol–water partition coefficient (Wildman–Crippen LogP) is 2.59. The average Bonchev–Trinajstić information content (AvgIpc) is 3.06. The van der Waals surface area contributed by atoms with E-state index in [1.54, 1.807) is 24.4 Å². The van der Waals surface area contributed by atoms with E-state index in [1.807, 2.05) is 10.9 Å². The Balaban J connectivity index is 1.91. The summed E-state index contributed by atoms with van der Waals surface area (Å²) in [5, 5.41) is 13.3. The summed E-state index contributed by atoms with van der Waals surface area (Å²) in [7, 11) is 0. The highest BCUT2D eigenvalue weighted by molar-refractivity contribution is 5.63. The molecule has 0 saturated heterocycles. The molecule has 2 aromatic rings. The lowest BCUT2D eigenvalue weighted by molar-refractivity contribution is 0.276. The van der Waals surface area contributed by atoms with E-state index in [0.717, 1.165) is 18.0 Å². The topological polar surface area (TPSA) is 38.1 Å². The maximum absolute atomic E-state index is 14.0. The molecule has 0 spiro atoms. The van der Waals surface area contributed by atoms with Crippen LogP contribution in [0, 0.1) is 11.7 Å². The van der Waals surface area contributed by atoms with E-state index in [0.29, 0.717) is 11.1 Å². The molecule has 3 rings (SSSR count). The van der Waals surface area contributed by atoms with Gasteiger partial charge < -0.3 is 5.11 Å². The summed E-state index contributed by atoms with van der Waals surface area (Å²) in [6.45, 7) is 0.636. The molecule has 0 aliphatic heterocycles. The van der Waals surface area contributed by atoms with E-state index < -0.39 is 0 Å². The lowest BCUT2D eigenvalue weighted by Crippen LogP contribution is -1.99. The van der Waals surface area contributed by atoms with Crippen LogP contribution in [0.1, 0.15) is 18.4 Å². The van der Waals surface area contributed by atoms with E-state index in [-0.39, 0.29) is 12.4 Å². The van der Waals surface area contributed by atoms with Crippen LogP contribution in [0.3, 0.4) is 0 Å². The van der Waals surface area contributed by atoms with Gasteiger partial charge in [-0.25, -0.2) is 4.39 Å². The van der Waals surface area contributed by atoms with Gasteiger partial charge in [-0.2, -0.15) is 5.10 Å². The molecule has 0 radical (unpaired) electrons. The lowest BCUT2D eigenvalue weighted by atomic mass is 10.1. The fraction of sp³-hybridized carbons (Fsp3) is 0.357. The number of benzene rings is 1. The fourth-order valence-corrected chi connectivity index (χ4v) is 2.09. The molecule has 94 valence electrons. The molecule has 1 aliphatic rings. The second kappa shape index (κ2) is 4.53. The molecule has 1 aliphatic carbocycles. The highest BCUT2D eigenvalue weighted by Crippen LogP contribution is 2.31. The molecule has 4 heteroatoms. The highest BCUT2D eigenvalue weighted by Gasteiger charge is 2.22. The molecule has 0 amide bonds. The number of halogens is 1. The molecular weight excluding hydrogens is 231 g/mol. The largest absolute Gasteiger partial charge is 0.392 e. The van der Waals surface area contributed by atoms with E-state index in [9.17, 15) is 4.39 Å². The Kier molecular flexibility index (Phi) is 2.88. The minimum Gasteiger partial charge on any atom is -0.392 e. The molecule has 0 atom stereocenters. The molecule has 18 heavy (non-hydrogen) atoms. The zero-order valence-corrected chi connectivity index (χ0v) is 10.0. The van der Waals surface area contributed by atoms with Gasteiger partial charge in [0.2, 0.25) is 0 Å². The quantitative estimate of drug-likeness (QED) is 0.900. The summed E-state index contributed by atoms with van der Waals surface area (Å²) in [4.78, 5) is 0. The van der Waals surface area contributed by atoms with E-state index >= 15 is 0 Å². The minimum atomic E-state index is -0.356. The van der Waals surface area contributed by atoms with Crippen molar-refractivity contribution in [2.75, 3.05) is 0 Å². The summed E-state index contributed by atoms with van der Waals surface area (Å²) in [6.07, 6.45) is 6.09. The van der Waals surface area contributed by atoms with Gasteiger partial charge in [-0.3, -0.25) is 4.68 Å². The second-order valence-corrected chi connectivity index (χ2v) is 4.83. The SMILES string of the molecule is OCc1cccc(-c2cnn(CC3CC3)c2)c1F. The van der Waals surface area contributed by atoms with Crippen LogP contribution in [0.5, 0.6) is 0 Å². The Bertz CT molecular complexity index is 561. The molecule has 1 N–H and O–H groups in total. The van der Waals surface area contributed by atoms with Crippen molar-refractivity contribution in [1.29, 1.82) is 0 Å². The number of nitrogens with zero attached hydrogens (tertiary/aromatic N) is 2. The lowest BCUT2D eigenvalue weighted by Gasteiger charge is -2.04. The average molecular weight is 246 g/mol. The Morgan fingerprint density at radius 2 is 2.22 bits per heavy atom.